The summed E-state index contributed by atoms with van der Waals surface area (Å²) in [5.41, 5.74) is -6.84. The number of halogens is 2. The standard InChI is InChI=1S/C30H38F2O7/c1-16-11-20-21-14-23(31)22-13-19(34)9-10-27(22,2)29(21,32)24(35)15-28(20,3)30(16,26(37)38-4)39-25(36)12-17-5-7-18(33)8-6-17/h9-10,13,16-17,20-21,23-24,35H,5-8,11-12,14-15H2,1-4H3/t16-,20+,21+,23+,24+,27+,28+,29+,30+/m1/s1. The van der Waals surface area contributed by atoms with Crippen LogP contribution in [0.2, 0.25) is 0 Å². The molecule has 0 aliphatic heterocycles. The van der Waals surface area contributed by atoms with Crippen molar-refractivity contribution in [3.8, 4) is 0 Å². The molecular weight excluding hydrogens is 510 g/mol. The van der Waals surface area contributed by atoms with E-state index in [4.69, 9.17) is 9.47 Å². The lowest BCUT2D eigenvalue weighted by molar-refractivity contribution is -0.238. The molecule has 0 aromatic carbocycles. The van der Waals surface area contributed by atoms with E-state index in [-0.39, 0.29) is 43.0 Å². The van der Waals surface area contributed by atoms with Crippen molar-refractivity contribution >= 4 is 23.5 Å². The second kappa shape index (κ2) is 9.32. The first-order valence-electron chi connectivity index (χ1n) is 14.0. The molecule has 7 nitrogen and oxygen atoms in total. The summed E-state index contributed by atoms with van der Waals surface area (Å²) in [6, 6.07) is 0. The number of aliphatic hydroxyl groups is 1. The topological polar surface area (TPSA) is 107 Å². The molecule has 0 amide bonds. The van der Waals surface area contributed by atoms with Crippen LogP contribution >= 0.6 is 0 Å². The first-order valence-corrected chi connectivity index (χ1v) is 14.0. The summed E-state index contributed by atoms with van der Waals surface area (Å²) < 4.78 is 44.4. The summed E-state index contributed by atoms with van der Waals surface area (Å²) in [6.45, 7) is 4.99. The van der Waals surface area contributed by atoms with Crippen LogP contribution in [0.4, 0.5) is 8.78 Å². The number of ketones is 2. The predicted octanol–water partition coefficient (Wildman–Crippen LogP) is 4.16. The molecule has 1 N–H and O–H groups in total. The Bertz CT molecular complexity index is 1150. The molecule has 0 heterocycles. The third-order valence-electron chi connectivity index (χ3n) is 11.1. The fourth-order valence-electron chi connectivity index (χ4n) is 9.03. The van der Waals surface area contributed by atoms with E-state index in [2.05, 4.69) is 0 Å². The zero-order valence-electron chi connectivity index (χ0n) is 23.0. The summed E-state index contributed by atoms with van der Waals surface area (Å²) in [4.78, 5) is 50.6. The van der Waals surface area contributed by atoms with Crippen molar-refractivity contribution < 1.29 is 42.5 Å². The van der Waals surface area contributed by atoms with Crippen LogP contribution in [0.5, 0.6) is 0 Å². The van der Waals surface area contributed by atoms with Gasteiger partial charge in [-0.1, -0.05) is 19.9 Å². The van der Waals surface area contributed by atoms with Crippen molar-refractivity contribution in [2.75, 3.05) is 7.11 Å². The molecule has 39 heavy (non-hydrogen) atoms. The summed E-state index contributed by atoms with van der Waals surface area (Å²) >= 11 is 0. The van der Waals surface area contributed by atoms with E-state index >= 15 is 8.78 Å². The molecule has 0 saturated heterocycles. The van der Waals surface area contributed by atoms with Gasteiger partial charge in [-0.05, 0) is 68.6 Å². The number of allylic oxidation sites excluding steroid dienone is 4. The molecule has 0 spiro atoms. The quantitative estimate of drug-likeness (QED) is 0.526. The third kappa shape index (κ3) is 3.74. The van der Waals surface area contributed by atoms with Crippen molar-refractivity contribution in [2.45, 2.75) is 95.7 Å². The SMILES string of the molecule is COC(=O)[C@@]1(OC(=O)CC2CCC(=O)CC2)[C@H](C)C[C@H]2[C@@H]3C[C@H](F)C4=CC(=O)C=C[C@]4(C)[C@@]3(F)[C@@H](O)C[C@@]21C. The van der Waals surface area contributed by atoms with E-state index in [9.17, 15) is 24.3 Å². The lowest BCUT2D eigenvalue weighted by Crippen LogP contribution is -2.71. The smallest absolute Gasteiger partial charge is 0.351 e. The van der Waals surface area contributed by atoms with Gasteiger partial charge in [0.2, 0.25) is 5.60 Å². The Morgan fingerprint density at radius 3 is 2.44 bits per heavy atom. The highest BCUT2D eigenvalue weighted by molar-refractivity contribution is 6.01. The van der Waals surface area contributed by atoms with Crippen LogP contribution < -0.4 is 0 Å². The fraction of sp³-hybridized carbons (Fsp3) is 0.733. The number of methoxy groups -OCH3 is 1. The summed E-state index contributed by atoms with van der Waals surface area (Å²) in [7, 11) is 1.20. The minimum Gasteiger partial charge on any atom is -0.466 e. The Morgan fingerprint density at radius 2 is 1.79 bits per heavy atom. The maximum Gasteiger partial charge on any atom is 0.351 e. The number of alkyl halides is 2. The Balaban J connectivity index is 1.53. The molecule has 0 aromatic rings. The molecular formula is C30H38F2O7. The molecule has 4 saturated carbocycles. The van der Waals surface area contributed by atoms with E-state index in [1.165, 1.54) is 26.2 Å². The lowest BCUT2D eigenvalue weighted by Gasteiger charge is -2.63. The van der Waals surface area contributed by atoms with Crippen LogP contribution in [0.15, 0.2) is 23.8 Å². The van der Waals surface area contributed by atoms with Gasteiger partial charge < -0.3 is 14.6 Å². The number of esters is 2. The third-order valence-corrected chi connectivity index (χ3v) is 11.1. The minimum atomic E-state index is -2.30. The molecule has 4 fully saturated rings. The van der Waals surface area contributed by atoms with Crippen LogP contribution in [-0.2, 0) is 28.7 Å². The fourth-order valence-corrected chi connectivity index (χ4v) is 9.03. The second-order valence-corrected chi connectivity index (χ2v) is 12.9. The highest BCUT2D eigenvalue weighted by atomic mass is 19.1. The van der Waals surface area contributed by atoms with E-state index in [0.29, 0.717) is 25.7 Å². The zero-order valence-corrected chi connectivity index (χ0v) is 23.0. The van der Waals surface area contributed by atoms with Crippen molar-refractivity contribution in [3.63, 3.8) is 0 Å². The van der Waals surface area contributed by atoms with Crippen molar-refractivity contribution in [2.24, 2.45) is 34.5 Å². The normalized spacial score (nSPS) is 45.6. The number of aliphatic hydroxyl groups excluding tert-OH is 1. The Hall–Kier alpha value is -2.42. The van der Waals surface area contributed by atoms with Gasteiger partial charge in [-0.15, -0.1) is 0 Å². The molecule has 214 valence electrons. The van der Waals surface area contributed by atoms with Gasteiger partial charge in [0.1, 0.15) is 12.0 Å². The van der Waals surface area contributed by atoms with E-state index in [1.807, 2.05) is 0 Å². The van der Waals surface area contributed by atoms with E-state index in [1.54, 1.807) is 13.8 Å². The van der Waals surface area contributed by atoms with Crippen LogP contribution in [0.25, 0.3) is 0 Å². The van der Waals surface area contributed by atoms with Crippen LogP contribution in [0, 0.1) is 34.5 Å². The Kier molecular flexibility index (Phi) is 6.72. The van der Waals surface area contributed by atoms with Crippen LogP contribution in [0.1, 0.15) is 72.1 Å². The summed E-state index contributed by atoms with van der Waals surface area (Å²) in [6.07, 6.45) is 2.29. The number of Topliss-reactive ketones (excluding diaryl/α,β-unsaturated/α-hetero) is 1. The monoisotopic (exact) mass is 548 g/mol. The van der Waals surface area contributed by atoms with Crippen LogP contribution in [0.3, 0.4) is 0 Å². The number of carbonyl (C=O) groups is 4. The molecule has 0 aromatic heterocycles. The minimum absolute atomic E-state index is 0.0269. The highest BCUT2D eigenvalue weighted by Gasteiger charge is 2.78. The van der Waals surface area contributed by atoms with Gasteiger partial charge in [0.05, 0.1) is 13.2 Å². The van der Waals surface area contributed by atoms with Crippen molar-refractivity contribution in [3.05, 3.63) is 23.8 Å². The van der Waals surface area contributed by atoms with Gasteiger partial charge in [-0.3, -0.25) is 14.4 Å². The zero-order chi connectivity index (χ0) is 28.5. The average Bonchev–Trinajstić information content (AvgIpc) is 3.10. The largest absolute Gasteiger partial charge is 0.466 e. The molecule has 5 rings (SSSR count). The number of hydrogen-bond donors (Lipinski definition) is 1. The maximum atomic E-state index is 17.4. The molecule has 9 atom stereocenters. The summed E-state index contributed by atoms with van der Waals surface area (Å²) in [5.74, 6) is -3.86. The number of fused-ring (bicyclic) bond motifs is 5. The first kappa shape index (κ1) is 28.1. The number of rotatable bonds is 4. The van der Waals surface area contributed by atoms with Gasteiger partial charge in [-0.2, -0.15) is 0 Å². The van der Waals surface area contributed by atoms with Gasteiger partial charge in [0, 0.05) is 41.9 Å². The molecule has 9 heteroatoms. The number of carbonyl (C=O) groups excluding carboxylic acids is 4. The van der Waals surface area contributed by atoms with Gasteiger partial charge in [0.15, 0.2) is 11.5 Å². The maximum absolute atomic E-state index is 17.4. The second-order valence-electron chi connectivity index (χ2n) is 12.9. The highest BCUT2D eigenvalue weighted by Crippen LogP contribution is 2.71. The average molecular weight is 549 g/mol. The van der Waals surface area contributed by atoms with E-state index < -0.39 is 69.9 Å². The van der Waals surface area contributed by atoms with Gasteiger partial charge >= 0.3 is 11.9 Å². The molecule has 0 radical (unpaired) electrons. The lowest BCUT2D eigenvalue weighted by atomic mass is 9.44. The summed E-state index contributed by atoms with van der Waals surface area (Å²) in [5, 5.41) is 11.6. The van der Waals surface area contributed by atoms with Crippen molar-refractivity contribution in [1.29, 1.82) is 0 Å². The Labute approximate surface area is 227 Å². The predicted molar refractivity (Wildman–Crippen MR) is 136 cm³/mol. The van der Waals surface area contributed by atoms with Crippen LogP contribution in [-0.4, -0.2) is 59.3 Å². The van der Waals surface area contributed by atoms with Crippen molar-refractivity contribution in [1.82, 2.24) is 0 Å². The number of ether oxygens (including phenoxy) is 2. The van der Waals surface area contributed by atoms with Gasteiger partial charge in [-0.25, -0.2) is 13.6 Å². The number of hydrogen-bond acceptors (Lipinski definition) is 7. The van der Waals surface area contributed by atoms with E-state index in [0.717, 1.165) is 6.08 Å². The molecule has 5 aliphatic rings. The molecule has 5 aliphatic carbocycles. The molecule has 0 bridgehead atoms. The van der Waals surface area contributed by atoms with Gasteiger partial charge in [0.25, 0.3) is 0 Å². The first-order chi connectivity index (χ1) is 18.2. The Morgan fingerprint density at radius 1 is 1.13 bits per heavy atom. The molecule has 0 unspecified atom stereocenters.